The number of benzene rings is 1. The summed E-state index contributed by atoms with van der Waals surface area (Å²) >= 11 is 2.17. The Bertz CT molecular complexity index is 400. The molecule has 1 nitrogen and oxygen atoms in total. The molecule has 0 saturated heterocycles. The summed E-state index contributed by atoms with van der Waals surface area (Å²) in [6.45, 7) is 2.08. The van der Waals surface area contributed by atoms with Crippen LogP contribution in [0, 0.1) is 10.7 Å². The van der Waals surface area contributed by atoms with Gasteiger partial charge in [-0.1, -0.05) is 29.8 Å². The van der Waals surface area contributed by atoms with E-state index in [-0.39, 0.29) is 0 Å². The molecule has 1 aromatic heterocycles. The highest BCUT2D eigenvalue weighted by atomic mass is 127. The Morgan fingerprint density at radius 2 is 1.69 bits per heavy atom. The van der Waals surface area contributed by atoms with Gasteiger partial charge >= 0.3 is 0 Å². The zero-order chi connectivity index (χ0) is 9.26. The first-order valence-corrected chi connectivity index (χ1v) is 5.16. The largest absolute Gasteiger partial charge is 0.450 e. The maximum absolute atomic E-state index is 5.50. The van der Waals surface area contributed by atoms with Gasteiger partial charge in [-0.2, -0.15) is 0 Å². The van der Waals surface area contributed by atoms with Crippen molar-refractivity contribution >= 4 is 22.6 Å². The van der Waals surface area contributed by atoms with E-state index in [2.05, 4.69) is 53.8 Å². The Morgan fingerprint density at radius 1 is 1.00 bits per heavy atom. The Morgan fingerprint density at radius 3 is 2.23 bits per heavy atom. The SMILES string of the molecule is Cc1ccc(-c2ccc(I)o2)cc1. The van der Waals surface area contributed by atoms with E-state index in [9.17, 15) is 0 Å². The summed E-state index contributed by atoms with van der Waals surface area (Å²) in [4.78, 5) is 0. The average molecular weight is 284 g/mol. The molecule has 0 N–H and O–H groups in total. The van der Waals surface area contributed by atoms with E-state index in [0.717, 1.165) is 15.1 Å². The molecule has 0 aliphatic heterocycles. The van der Waals surface area contributed by atoms with E-state index < -0.39 is 0 Å². The minimum atomic E-state index is 0.924. The third kappa shape index (κ3) is 1.94. The van der Waals surface area contributed by atoms with E-state index in [1.54, 1.807) is 0 Å². The van der Waals surface area contributed by atoms with Crippen LogP contribution in [-0.4, -0.2) is 0 Å². The van der Waals surface area contributed by atoms with E-state index in [4.69, 9.17) is 4.42 Å². The molecule has 0 aliphatic carbocycles. The molecule has 13 heavy (non-hydrogen) atoms. The van der Waals surface area contributed by atoms with Crippen molar-refractivity contribution in [3.05, 3.63) is 45.7 Å². The molecule has 0 radical (unpaired) electrons. The number of furan rings is 1. The second-order valence-corrected chi connectivity index (χ2v) is 4.03. The number of halogens is 1. The van der Waals surface area contributed by atoms with E-state index in [1.165, 1.54) is 5.56 Å². The topological polar surface area (TPSA) is 13.1 Å². The maximum atomic E-state index is 5.50. The summed E-state index contributed by atoms with van der Waals surface area (Å²) in [6.07, 6.45) is 0. The molecule has 0 saturated carbocycles. The van der Waals surface area contributed by atoms with Crippen LogP contribution in [0.3, 0.4) is 0 Å². The molecule has 2 aromatic rings. The van der Waals surface area contributed by atoms with Crippen molar-refractivity contribution < 1.29 is 4.42 Å². The predicted molar refractivity (Wildman–Crippen MR) is 61.6 cm³/mol. The first-order valence-electron chi connectivity index (χ1n) is 4.08. The third-order valence-corrected chi connectivity index (χ3v) is 2.49. The van der Waals surface area contributed by atoms with Crippen LogP contribution < -0.4 is 0 Å². The highest BCUT2D eigenvalue weighted by Gasteiger charge is 2.01. The van der Waals surface area contributed by atoms with Crippen molar-refractivity contribution in [2.75, 3.05) is 0 Å². The summed E-state index contributed by atoms with van der Waals surface area (Å²) in [5.74, 6) is 0.935. The second kappa shape index (κ2) is 3.54. The van der Waals surface area contributed by atoms with Crippen LogP contribution in [0.25, 0.3) is 11.3 Å². The lowest BCUT2D eigenvalue weighted by Gasteiger charge is -1.96. The van der Waals surface area contributed by atoms with Gasteiger partial charge in [-0.05, 0) is 41.6 Å². The minimum Gasteiger partial charge on any atom is -0.450 e. The van der Waals surface area contributed by atoms with Crippen molar-refractivity contribution in [3.8, 4) is 11.3 Å². The number of hydrogen-bond donors (Lipinski definition) is 0. The van der Waals surface area contributed by atoms with Gasteiger partial charge in [0.15, 0.2) is 3.77 Å². The molecule has 0 bridgehead atoms. The zero-order valence-electron chi connectivity index (χ0n) is 7.25. The molecule has 0 aliphatic rings. The van der Waals surface area contributed by atoms with Gasteiger partial charge < -0.3 is 4.42 Å². The van der Waals surface area contributed by atoms with Crippen LogP contribution in [0.1, 0.15) is 5.56 Å². The van der Waals surface area contributed by atoms with Gasteiger partial charge in [0, 0.05) is 5.56 Å². The fraction of sp³-hybridized carbons (Fsp3) is 0.0909. The fourth-order valence-electron chi connectivity index (χ4n) is 1.19. The lowest BCUT2D eigenvalue weighted by atomic mass is 10.1. The molecular formula is C11H9IO. The van der Waals surface area contributed by atoms with Crippen molar-refractivity contribution in [1.29, 1.82) is 0 Å². The Balaban J connectivity index is 2.41. The van der Waals surface area contributed by atoms with Gasteiger partial charge in [-0.15, -0.1) is 0 Å². The van der Waals surface area contributed by atoms with Crippen molar-refractivity contribution in [2.24, 2.45) is 0 Å². The van der Waals surface area contributed by atoms with Crippen LogP contribution in [0.2, 0.25) is 0 Å². The molecule has 0 spiro atoms. The summed E-state index contributed by atoms with van der Waals surface area (Å²) < 4.78 is 6.42. The molecule has 1 aromatic carbocycles. The molecule has 0 fully saturated rings. The van der Waals surface area contributed by atoms with Gasteiger partial charge in [0.2, 0.25) is 0 Å². The smallest absolute Gasteiger partial charge is 0.164 e. The number of aryl methyl sites for hydroxylation is 1. The van der Waals surface area contributed by atoms with Gasteiger partial charge in [-0.25, -0.2) is 0 Å². The van der Waals surface area contributed by atoms with Gasteiger partial charge in [0.05, 0.1) is 0 Å². The van der Waals surface area contributed by atoms with E-state index >= 15 is 0 Å². The Hall–Kier alpha value is -0.770. The maximum Gasteiger partial charge on any atom is 0.164 e. The minimum absolute atomic E-state index is 0.924. The molecule has 0 unspecified atom stereocenters. The summed E-state index contributed by atoms with van der Waals surface area (Å²) in [5, 5.41) is 0. The van der Waals surface area contributed by atoms with E-state index in [0.29, 0.717) is 0 Å². The molecule has 2 heteroatoms. The summed E-state index contributed by atoms with van der Waals surface area (Å²) in [7, 11) is 0. The van der Waals surface area contributed by atoms with Crippen LogP contribution in [0.4, 0.5) is 0 Å². The van der Waals surface area contributed by atoms with Crippen LogP contribution in [0.5, 0.6) is 0 Å². The summed E-state index contributed by atoms with van der Waals surface area (Å²) in [5.41, 5.74) is 2.40. The first-order chi connectivity index (χ1) is 6.25. The first kappa shape index (κ1) is 8.81. The highest BCUT2D eigenvalue weighted by Crippen LogP contribution is 2.22. The molecule has 0 amide bonds. The van der Waals surface area contributed by atoms with Gasteiger partial charge in [0.1, 0.15) is 5.76 Å². The normalized spacial score (nSPS) is 10.3. The monoisotopic (exact) mass is 284 g/mol. The molecular weight excluding hydrogens is 275 g/mol. The standard InChI is InChI=1S/C11H9IO/c1-8-2-4-9(5-3-8)10-6-7-11(12)13-10/h2-7H,1H3. The quantitative estimate of drug-likeness (QED) is 0.725. The lowest BCUT2D eigenvalue weighted by molar-refractivity contribution is 0.552. The molecule has 0 atom stereocenters. The van der Waals surface area contributed by atoms with Crippen LogP contribution >= 0.6 is 22.6 Å². The second-order valence-electron chi connectivity index (χ2n) is 2.97. The number of rotatable bonds is 1. The van der Waals surface area contributed by atoms with Crippen molar-refractivity contribution in [2.45, 2.75) is 6.92 Å². The zero-order valence-corrected chi connectivity index (χ0v) is 9.41. The number of hydrogen-bond acceptors (Lipinski definition) is 1. The lowest BCUT2D eigenvalue weighted by Crippen LogP contribution is -1.74. The average Bonchev–Trinajstić information content (AvgIpc) is 2.53. The highest BCUT2D eigenvalue weighted by molar-refractivity contribution is 14.1. The molecule has 66 valence electrons. The third-order valence-electron chi connectivity index (χ3n) is 1.91. The van der Waals surface area contributed by atoms with Gasteiger partial charge in [-0.3, -0.25) is 0 Å². The van der Waals surface area contributed by atoms with Crippen molar-refractivity contribution in [3.63, 3.8) is 0 Å². The van der Waals surface area contributed by atoms with Crippen LogP contribution in [0.15, 0.2) is 40.8 Å². The Labute approximate surface area is 90.9 Å². The fourth-order valence-corrected chi connectivity index (χ4v) is 1.60. The van der Waals surface area contributed by atoms with Gasteiger partial charge in [0.25, 0.3) is 0 Å². The Kier molecular flexibility index (Phi) is 2.40. The summed E-state index contributed by atoms with van der Waals surface area (Å²) in [6, 6.07) is 12.3. The van der Waals surface area contributed by atoms with Crippen LogP contribution in [-0.2, 0) is 0 Å². The van der Waals surface area contributed by atoms with E-state index in [1.807, 2.05) is 12.1 Å². The van der Waals surface area contributed by atoms with Crippen molar-refractivity contribution in [1.82, 2.24) is 0 Å². The molecule has 2 rings (SSSR count). The predicted octanol–water partition coefficient (Wildman–Crippen LogP) is 3.86. The molecule has 1 heterocycles.